The summed E-state index contributed by atoms with van der Waals surface area (Å²) in [5.74, 6) is -0.745. The zero-order valence-electron chi connectivity index (χ0n) is 18.7. The SMILES string of the molecule is CCC(=O)N(S)C(CNC(Cc1ccccc1)C(=O)NC(CCSC)C(=O)O)C(C)C. The first-order chi connectivity index (χ1) is 14.7. The van der Waals surface area contributed by atoms with Gasteiger partial charge in [0.05, 0.1) is 12.1 Å². The Balaban J connectivity index is 2.98. The van der Waals surface area contributed by atoms with Crippen molar-refractivity contribution in [2.75, 3.05) is 18.6 Å². The third-order valence-electron chi connectivity index (χ3n) is 5.04. The second-order valence-corrected chi connectivity index (χ2v) is 9.15. The van der Waals surface area contributed by atoms with Gasteiger partial charge in [0.1, 0.15) is 6.04 Å². The molecule has 3 atom stereocenters. The summed E-state index contributed by atoms with van der Waals surface area (Å²) >= 11 is 5.91. The van der Waals surface area contributed by atoms with Gasteiger partial charge in [-0.05, 0) is 36.3 Å². The summed E-state index contributed by atoms with van der Waals surface area (Å²) in [6.07, 6.45) is 2.99. The van der Waals surface area contributed by atoms with Crippen LogP contribution in [0.2, 0.25) is 0 Å². The van der Waals surface area contributed by atoms with Crippen LogP contribution >= 0.6 is 24.6 Å². The summed E-state index contributed by atoms with van der Waals surface area (Å²) in [4.78, 5) is 36.7. The van der Waals surface area contributed by atoms with Crippen molar-refractivity contribution in [3.63, 3.8) is 0 Å². The highest BCUT2D eigenvalue weighted by molar-refractivity contribution is 7.98. The molecule has 0 saturated heterocycles. The topological polar surface area (TPSA) is 98.7 Å². The lowest BCUT2D eigenvalue weighted by molar-refractivity contribution is -0.142. The summed E-state index contributed by atoms with van der Waals surface area (Å²) in [6.45, 7) is 6.13. The number of nitrogens with one attached hydrogen (secondary N) is 2. The van der Waals surface area contributed by atoms with E-state index < -0.39 is 18.1 Å². The van der Waals surface area contributed by atoms with Gasteiger partial charge in [0, 0.05) is 13.0 Å². The molecule has 3 unspecified atom stereocenters. The number of benzene rings is 1. The fraction of sp³-hybridized carbons (Fsp3) is 0.591. The van der Waals surface area contributed by atoms with Gasteiger partial charge in [-0.2, -0.15) is 11.8 Å². The standard InChI is InChI=1S/C22H35N3O4S2/c1-5-20(26)25(30)19(15(2)3)14-23-18(13-16-9-7-6-8-10-16)21(27)24-17(22(28)29)11-12-31-4/h6-10,15,17-19,23,30H,5,11-14H2,1-4H3,(H,24,27)(H,28,29). The highest BCUT2D eigenvalue weighted by atomic mass is 32.2. The highest BCUT2D eigenvalue weighted by Crippen LogP contribution is 2.15. The van der Waals surface area contributed by atoms with Gasteiger partial charge < -0.3 is 15.7 Å². The minimum absolute atomic E-state index is 0.0871. The molecule has 0 spiro atoms. The van der Waals surface area contributed by atoms with Crippen molar-refractivity contribution in [1.29, 1.82) is 0 Å². The maximum atomic E-state index is 13.0. The predicted octanol–water partition coefficient (Wildman–Crippen LogP) is 2.62. The lowest BCUT2D eigenvalue weighted by Crippen LogP contribution is -2.54. The Bertz CT molecular complexity index is 703. The molecule has 0 saturated carbocycles. The second-order valence-electron chi connectivity index (χ2n) is 7.73. The molecule has 0 aliphatic heterocycles. The number of thiol groups is 1. The molecule has 1 rings (SSSR count). The molecular weight excluding hydrogens is 434 g/mol. The molecule has 1 aromatic carbocycles. The van der Waals surface area contributed by atoms with Crippen molar-refractivity contribution in [2.24, 2.45) is 5.92 Å². The van der Waals surface area contributed by atoms with Gasteiger partial charge in [0.25, 0.3) is 0 Å². The Morgan fingerprint density at radius 2 is 1.81 bits per heavy atom. The average molecular weight is 470 g/mol. The highest BCUT2D eigenvalue weighted by Gasteiger charge is 2.28. The molecule has 174 valence electrons. The summed E-state index contributed by atoms with van der Waals surface area (Å²) in [5, 5.41) is 15.4. The van der Waals surface area contributed by atoms with Crippen LogP contribution in [0.4, 0.5) is 0 Å². The second kappa shape index (κ2) is 14.4. The number of hydrogen-bond donors (Lipinski definition) is 4. The van der Waals surface area contributed by atoms with E-state index in [0.29, 0.717) is 31.6 Å². The molecule has 2 amide bonds. The molecule has 31 heavy (non-hydrogen) atoms. The van der Waals surface area contributed by atoms with Crippen molar-refractivity contribution in [1.82, 2.24) is 14.9 Å². The van der Waals surface area contributed by atoms with Crippen LogP contribution in [0.15, 0.2) is 30.3 Å². The van der Waals surface area contributed by atoms with Crippen LogP contribution in [0.25, 0.3) is 0 Å². The largest absolute Gasteiger partial charge is 0.480 e. The molecule has 3 N–H and O–H groups in total. The van der Waals surface area contributed by atoms with Gasteiger partial charge in [0.2, 0.25) is 11.8 Å². The van der Waals surface area contributed by atoms with Crippen LogP contribution in [0.1, 0.15) is 39.2 Å². The summed E-state index contributed by atoms with van der Waals surface area (Å²) < 4.78 is 1.42. The maximum absolute atomic E-state index is 13.0. The molecule has 0 fully saturated rings. The number of carbonyl (C=O) groups is 3. The first kappa shape index (κ1) is 27.3. The summed E-state index contributed by atoms with van der Waals surface area (Å²) in [6, 6.07) is 7.75. The van der Waals surface area contributed by atoms with E-state index in [4.69, 9.17) is 0 Å². The van der Waals surface area contributed by atoms with E-state index in [-0.39, 0.29) is 23.8 Å². The Labute approximate surface area is 195 Å². The molecule has 0 bridgehead atoms. The zero-order chi connectivity index (χ0) is 23.4. The Morgan fingerprint density at radius 1 is 1.16 bits per heavy atom. The fourth-order valence-corrected chi connectivity index (χ4v) is 4.05. The van der Waals surface area contributed by atoms with Crippen molar-refractivity contribution in [2.45, 2.75) is 58.2 Å². The van der Waals surface area contributed by atoms with E-state index in [2.05, 4.69) is 23.4 Å². The van der Waals surface area contributed by atoms with Gasteiger partial charge in [-0.1, -0.05) is 63.9 Å². The van der Waals surface area contributed by atoms with Gasteiger partial charge in [0.15, 0.2) is 0 Å². The molecule has 1 aromatic rings. The Hall–Kier alpha value is -1.71. The Kier molecular flexibility index (Phi) is 12.7. The minimum Gasteiger partial charge on any atom is -0.480 e. The van der Waals surface area contributed by atoms with Crippen LogP contribution in [0.3, 0.4) is 0 Å². The van der Waals surface area contributed by atoms with Gasteiger partial charge in [-0.15, -0.1) is 0 Å². The molecular formula is C22H35N3O4S2. The van der Waals surface area contributed by atoms with Crippen molar-refractivity contribution in [3.05, 3.63) is 35.9 Å². The van der Waals surface area contributed by atoms with Crippen LogP contribution < -0.4 is 10.6 Å². The van der Waals surface area contributed by atoms with E-state index in [1.165, 1.54) is 16.1 Å². The molecule has 0 aromatic heterocycles. The number of carboxylic acids is 1. The maximum Gasteiger partial charge on any atom is 0.326 e. The third kappa shape index (κ3) is 9.53. The normalized spacial score (nSPS) is 14.0. The number of nitrogens with zero attached hydrogens (tertiary/aromatic N) is 1. The molecule has 9 heteroatoms. The van der Waals surface area contributed by atoms with Crippen LogP contribution in [0, 0.1) is 5.92 Å². The summed E-state index contributed by atoms with van der Waals surface area (Å²) in [5.41, 5.74) is 0.958. The lowest BCUT2D eigenvalue weighted by Gasteiger charge is -2.32. The van der Waals surface area contributed by atoms with E-state index >= 15 is 0 Å². The van der Waals surface area contributed by atoms with E-state index in [9.17, 15) is 19.5 Å². The number of aliphatic carboxylic acids is 1. The van der Waals surface area contributed by atoms with Crippen LogP contribution in [0.5, 0.6) is 0 Å². The summed E-state index contributed by atoms with van der Waals surface area (Å²) in [7, 11) is 0. The monoisotopic (exact) mass is 469 g/mol. The number of rotatable bonds is 14. The first-order valence-electron chi connectivity index (χ1n) is 10.5. The van der Waals surface area contributed by atoms with Crippen molar-refractivity contribution < 1.29 is 19.5 Å². The number of amides is 2. The van der Waals surface area contributed by atoms with Gasteiger partial charge in [-0.25, -0.2) is 4.79 Å². The predicted molar refractivity (Wildman–Crippen MR) is 129 cm³/mol. The van der Waals surface area contributed by atoms with E-state index in [1.807, 2.05) is 50.4 Å². The van der Waals surface area contributed by atoms with Gasteiger partial charge in [-0.3, -0.25) is 13.9 Å². The molecule has 7 nitrogen and oxygen atoms in total. The lowest BCUT2D eigenvalue weighted by atomic mass is 10.0. The molecule has 0 aliphatic rings. The number of hydrogen-bond acceptors (Lipinski definition) is 6. The molecule has 0 aliphatic carbocycles. The first-order valence-corrected chi connectivity index (χ1v) is 12.3. The quantitative estimate of drug-likeness (QED) is 0.313. The fourth-order valence-electron chi connectivity index (χ4n) is 3.09. The van der Waals surface area contributed by atoms with Crippen LogP contribution in [-0.4, -0.2) is 63.9 Å². The zero-order valence-corrected chi connectivity index (χ0v) is 20.4. The van der Waals surface area contributed by atoms with E-state index in [0.717, 1.165) is 5.56 Å². The van der Waals surface area contributed by atoms with Crippen LogP contribution in [-0.2, 0) is 20.8 Å². The number of carbonyl (C=O) groups excluding carboxylic acids is 2. The minimum atomic E-state index is -1.05. The van der Waals surface area contributed by atoms with Crippen molar-refractivity contribution >= 4 is 42.4 Å². The average Bonchev–Trinajstić information content (AvgIpc) is 2.75. The Morgan fingerprint density at radius 3 is 2.32 bits per heavy atom. The van der Waals surface area contributed by atoms with E-state index in [1.54, 1.807) is 6.92 Å². The third-order valence-corrected chi connectivity index (χ3v) is 6.20. The smallest absolute Gasteiger partial charge is 0.326 e. The number of carboxylic acid groups (broad SMARTS) is 1. The van der Waals surface area contributed by atoms with Crippen molar-refractivity contribution in [3.8, 4) is 0 Å². The molecule has 0 heterocycles. The van der Waals surface area contributed by atoms with Gasteiger partial charge >= 0.3 is 5.97 Å². The number of thioether (sulfide) groups is 1. The molecule has 0 radical (unpaired) electrons.